The van der Waals surface area contributed by atoms with Gasteiger partial charge >= 0.3 is 5.97 Å². The number of benzene rings is 1. The molecule has 1 rings (SSSR count). The van der Waals surface area contributed by atoms with Gasteiger partial charge in [-0.05, 0) is 50.9 Å². The van der Waals surface area contributed by atoms with Crippen molar-refractivity contribution in [1.29, 1.82) is 0 Å². The van der Waals surface area contributed by atoms with E-state index in [-0.39, 0.29) is 0 Å². The minimum absolute atomic E-state index is 0.468. The molecule has 0 aliphatic carbocycles. The molecule has 19 heavy (non-hydrogen) atoms. The molecule has 0 amide bonds. The Morgan fingerprint density at radius 1 is 1.32 bits per heavy atom. The lowest BCUT2D eigenvalue weighted by Crippen LogP contribution is -2.34. The molecule has 3 N–H and O–H groups in total. The van der Waals surface area contributed by atoms with E-state index in [1.807, 2.05) is 7.05 Å². The highest BCUT2D eigenvalue weighted by atomic mass is 16.4. The topological polar surface area (TPSA) is 66.6 Å². The van der Waals surface area contributed by atoms with Crippen molar-refractivity contribution in [2.75, 3.05) is 13.6 Å². The van der Waals surface area contributed by atoms with Crippen LogP contribution in [0.3, 0.4) is 0 Å². The molecule has 0 aliphatic rings. The molecule has 1 aromatic carbocycles. The van der Waals surface area contributed by atoms with Crippen LogP contribution in [0.1, 0.15) is 28.7 Å². The van der Waals surface area contributed by atoms with Gasteiger partial charge in [0.25, 0.3) is 0 Å². The fourth-order valence-electron chi connectivity index (χ4n) is 2.29. The Labute approximate surface area is 115 Å². The van der Waals surface area contributed by atoms with Crippen LogP contribution in [-0.4, -0.2) is 35.6 Å². The normalized spacial score (nSPS) is 12.7. The highest BCUT2D eigenvalue weighted by molar-refractivity contribution is 5.72. The van der Waals surface area contributed by atoms with Crippen molar-refractivity contribution >= 4 is 5.97 Å². The first-order valence-corrected chi connectivity index (χ1v) is 6.55. The maximum absolute atomic E-state index is 10.7. The van der Waals surface area contributed by atoms with Crippen molar-refractivity contribution in [2.45, 2.75) is 39.8 Å². The van der Waals surface area contributed by atoms with Crippen molar-refractivity contribution in [1.82, 2.24) is 4.90 Å². The summed E-state index contributed by atoms with van der Waals surface area (Å²) in [6.45, 7) is 7.84. The molecule has 0 fully saturated rings. The molecule has 0 bridgehead atoms. The Bertz CT molecular complexity index is 434. The standard InChI is InChI=1S/C15H24N2O2/c1-10-7-11(2)13(12(3)8-10)9-17(4)6-5-14(16)15(18)19/h7-8,14H,5-6,9,16H2,1-4H3,(H,18,19). The van der Waals surface area contributed by atoms with E-state index in [9.17, 15) is 4.79 Å². The number of carboxylic acid groups (broad SMARTS) is 1. The second kappa shape index (κ2) is 6.68. The summed E-state index contributed by atoms with van der Waals surface area (Å²) in [5.74, 6) is -0.934. The average Bonchev–Trinajstić information content (AvgIpc) is 2.30. The number of carboxylic acids is 1. The summed E-state index contributed by atoms with van der Waals surface area (Å²) < 4.78 is 0. The molecular formula is C15H24N2O2. The van der Waals surface area contributed by atoms with Gasteiger partial charge in [0.1, 0.15) is 6.04 Å². The van der Waals surface area contributed by atoms with E-state index in [2.05, 4.69) is 37.8 Å². The van der Waals surface area contributed by atoms with Crippen LogP contribution in [0, 0.1) is 20.8 Å². The minimum Gasteiger partial charge on any atom is -0.480 e. The number of carbonyl (C=O) groups is 1. The summed E-state index contributed by atoms with van der Waals surface area (Å²) in [6, 6.07) is 3.58. The smallest absolute Gasteiger partial charge is 0.320 e. The predicted octanol–water partition coefficient (Wildman–Crippen LogP) is 1.85. The number of nitrogens with zero attached hydrogens (tertiary/aromatic N) is 1. The van der Waals surface area contributed by atoms with E-state index in [0.717, 1.165) is 6.54 Å². The molecule has 0 saturated carbocycles. The van der Waals surface area contributed by atoms with Gasteiger partial charge in [0.15, 0.2) is 0 Å². The van der Waals surface area contributed by atoms with E-state index < -0.39 is 12.0 Å². The summed E-state index contributed by atoms with van der Waals surface area (Å²) in [6.07, 6.45) is 0.468. The average molecular weight is 264 g/mol. The molecular weight excluding hydrogens is 240 g/mol. The van der Waals surface area contributed by atoms with Crippen molar-refractivity contribution in [3.05, 3.63) is 34.4 Å². The zero-order valence-electron chi connectivity index (χ0n) is 12.2. The van der Waals surface area contributed by atoms with Crippen LogP contribution in [0.4, 0.5) is 0 Å². The second-order valence-electron chi connectivity index (χ2n) is 5.35. The number of nitrogens with two attached hydrogens (primary N) is 1. The third-order valence-electron chi connectivity index (χ3n) is 3.41. The minimum atomic E-state index is -0.934. The maximum Gasteiger partial charge on any atom is 0.320 e. The second-order valence-corrected chi connectivity index (χ2v) is 5.35. The van der Waals surface area contributed by atoms with Crippen LogP contribution in [-0.2, 0) is 11.3 Å². The molecule has 106 valence electrons. The van der Waals surface area contributed by atoms with Crippen LogP contribution < -0.4 is 5.73 Å². The fourth-order valence-corrected chi connectivity index (χ4v) is 2.29. The van der Waals surface area contributed by atoms with Crippen molar-refractivity contribution < 1.29 is 9.90 Å². The summed E-state index contributed by atoms with van der Waals surface area (Å²) in [5.41, 5.74) is 10.7. The lowest BCUT2D eigenvalue weighted by Gasteiger charge is -2.21. The van der Waals surface area contributed by atoms with Gasteiger partial charge in [0.2, 0.25) is 0 Å². The van der Waals surface area contributed by atoms with E-state index in [1.54, 1.807) is 0 Å². The molecule has 1 atom stereocenters. The van der Waals surface area contributed by atoms with Gasteiger partial charge < -0.3 is 15.7 Å². The number of hydrogen-bond acceptors (Lipinski definition) is 3. The van der Waals surface area contributed by atoms with Crippen LogP contribution >= 0.6 is 0 Å². The maximum atomic E-state index is 10.7. The third kappa shape index (κ3) is 4.65. The van der Waals surface area contributed by atoms with Gasteiger partial charge in [-0.3, -0.25) is 4.79 Å². The van der Waals surface area contributed by atoms with Gasteiger partial charge in [0.05, 0.1) is 0 Å². The summed E-state index contributed by atoms with van der Waals surface area (Å²) >= 11 is 0. The van der Waals surface area contributed by atoms with Crippen LogP contribution in [0.25, 0.3) is 0 Å². The lowest BCUT2D eigenvalue weighted by molar-refractivity contribution is -0.138. The Morgan fingerprint density at radius 3 is 2.32 bits per heavy atom. The van der Waals surface area contributed by atoms with Gasteiger partial charge in [-0.1, -0.05) is 17.7 Å². The van der Waals surface area contributed by atoms with Crippen molar-refractivity contribution in [3.8, 4) is 0 Å². The zero-order chi connectivity index (χ0) is 14.6. The first-order chi connectivity index (χ1) is 8.81. The molecule has 0 spiro atoms. The predicted molar refractivity (Wildman–Crippen MR) is 77.2 cm³/mol. The zero-order valence-corrected chi connectivity index (χ0v) is 12.2. The van der Waals surface area contributed by atoms with Gasteiger partial charge in [0, 0.05) is 13.1 Å². The van der Waals surface area contributed by atoms with E-state index in [0.29, 0.717) is 13.0 Å². The number of rotatable bonds is 6. The van der Waals surface area contributed by atoms with Gasteiger partial charge in [-0.15, -0.1) is 0 Å². The molecule has 0 radical (unpaired) electrons. The summed E-state index contributed by atoms with van der Waals surface area (Å²) in [5, 5.41) is 8.76. The Hall–Kier alpha value is -1.39. The largest absolute Gasteiger partial charge is 0.480 e. The molecule has 0 heterocycles. The summed E-state index contributed by atoms with van der Waals surface area (Å²) in [4.78, 5) is 12.8. The fraction of sp³-hybridized carbons (Fsp3) is 0.533. The first kappa shape index (κ1) is 15.7. The number of aliphatic carboxylic acids is 1. The molecule has 4 nitrogen and oxygen atoms in total. The Balaban J connectivity index is 2.62. The Morgan fingerprint density at radius 2 is 1.84 bits per heavy atom. The third-order valence-corrected chi connectivity index (χ3v) is 3.41. The van der Waals surface area contributed by atoms with Crippen molar-refractivity contribution in [3.63, 3.8) is 0 Å². The quantitative estimate of drug-likeness (QED) is 0.823. The van der Waals surface area contributed by atoms with E-state index in [1.165, 1.54) is 22.3 Å². The number of aryl methyl sites for hydroxylation is 3. The highest BCUT2D eigenvalue weighted by Crippen LogP contribution is 2.18. The van der Waals surface area contributed by atoms with Gasteiger partial charge in [-0.2, -0.15) is 0 Å². The van der Waals surface area contributed by atoms with E-state index >= 15 is 0 Å². The molecule has 4 heteroatoms. The van der Waals surface area contributed by atoms with Gasteiger partial charge in [-0.25, -0.2) is 0 Å². The monoisotopic (exact) mass is 264 g/mol. The Kier molecular flexibility index (Phi) is 5.51. The highest BCUT2D eigenvalue weighted by Gasteiger charge is 2.13. The van der Waals surface area contributed by atoms with E-state index in [4.69, 9.17) is 10.8 Å². The SMILES string of the molecule is Cc1cc(C)c(CN(C)CCC(N)C(=O)O)c(C)c1. The van der Waals surface area contributed by atoms with Crippen molar-refractivity contribution in [2.24, 2.45) is 5.73 Å². The molecule has 1 unspecified atom stereocenters. The van der Waals surface area contributed by atoms with Crippen LogP contribution in [0.15, 0.2) is 12.1 Å². The first-order valence-electron chi connectivity index (χ1n) is 6.55. The lowest BCUT2D eigenvalue weighted by atomic mass is 9.99. The molecule has 0 aromatic heterocycles. The molecule has 1 aromatic rings. The molecule has 0 saturated heterocycles. The van der Waals surface area contributed by atoms with Crippen LogP contribution in [0.5, 0.6) is 0 Å². The van der Waals surface area contributed by atoms with Crippen LogP contribution in [0.2, 0.25) is 0 Å². The number of hydrogen-bond donors (Lipinski definition) is 2. The summed E-state index contributed by atoms with van der Waals surface area (Å²) in [7, 11) is 1.99. The molecule has 0 aliphatic heterocycles.